The Morgan fingerprint density at radius 2 is 1.62 bits per heavy atom. The number of nitrogens with one attached hydrogen (secondary N) is 1. The molecule has 0 bridgehead atoms. The lowest BCUT2D eigenvalue weighted by Gasteiger charge is -2.36. The van der Waals surface area contributed by atoms with Gasteiger partial charge >= 0.3 is 0 Å². The lowest BCUT2D eigenvalue weighted by molar-refractivity contribution is -0.130. The lowest BCUT2D eigenvalue weighted by atomic mass is 9.87. The number of halogens is 1. The van der Waals surface area contributed by atoms with Gasteiger partial charge in [-0.3, -0.25) is 10.0 Å². The van der Waals surface area contributed by atoms with Crippen LogP contribution in [0.1, 0.15) is 31.2 Å². The minimum Gasteiger partial charge on any atom is -0.289 e. The zero-order valence-corrected chi connectivity index (χ0v) is 16.5. The molecule has 1 atom stereocenters. The number of hydroxylamine groups is 1. The fourth-order valence-electron chi connectivity index (χ4n) is 3.59. The maximum atomic E-state index is 12.9. The molecule has 1 fully saturated rings. The van der Waals surface area contributed by atoms with E-state index in [1.807, 2.05) is 36.4 Å². The molecule has 138 valence electrons. The third-order valence-electron chi connectivity index (χ3n) is 5.00. The van der Waals surface area contributed by atoms with Crippen LogP contribution in [-0.2, 0) is 19.4 Å². The minimum atomic E-state index is -3.50. The molecule has 5 nitrogen and oxygen atoms in total. The van der Waals surface area contributed by atoms with Crippen molar-refractivity contribution in [1.82, 2.24) is 5.48 Å². The zero-order valence-electron chi connectivity index (χ0n) is 14.1. The topological polar surface area (TPSA) is 83.5 Å². The van der Waals surface area contributed by atoms with Crippen LogP contribution in [0.3, 0.4) is 0 Å². The van der Waals surface area contributed by atoms with Gasteiger partial charge in [0.05, 0.1) is 12.2 Å². The molecular formula is C19H20BrNO4S. The van der Waals surface area contributed by atoms with E-state index in [0.717, 1.165) is 22.0 Å². The van der Waals surface area contributed by atoms with Crippen molar-refractivity contribution < 1.29 is 18.4 Å². The summed E-state index contributed by atoms with van der Waals surface area (Å²) in [5.74, 6) is -0.632. The molecule has 1 amide bonds. The zero-order chi connectivity index (χ0) is 18.8. The second-order valence-corrected chi connectivity index (χ2v) is 9.90. The van der Waals surface area contributed by atoms with Gasteiger partial charge in [0.1, 0.15) is 4.75 Å². The highest BCUT2D eigenvalue weighted by atomic mass is 79.9. The quantitative estimate of drug-likeness (QED) is 0.562. The summed E-state index contributed by atoms with van der Waals surface area (Å²) in [6.07, 6.45) is 1.43. The van der Waals surface area contributed by atoms with Gasteiger partial charge < -0.3 is 0 Å². The smallest absolute Gasteiger partial charge is 0.245 e. The number of sulfone groups is 1. The summed E-state index contributed by atoms with van der Waals surface area (Å²) >= 11 is 3.41. The van der Waals surface area contributed by atoms with E-state index in [-0.39, 0.29) is 12.2 Å². The first-order valence-electron chi connectivity index (χ1n) is 8.40. The van der Waals surface area contributed by atoms with Crippen LogP contribution in [-0.4, -0.2) is 25.3 Å². The molecule has 7 heteroatoms. The molecule has 1 aliphatic heterocycles. The summed E-state index contributed by atoms with van der Waals surface area (Å²) in [4.78, 5) is 11.8. The normalized spacial score (nSPS) is 21.9. The summed E-state index contributed by atoms with van der Waals surface area (Å²) in [5.41, 5.74) is 4.17. The second-order valence-electron chi connectivity index (χ2n) is 6.57. The number of benzene rings is 2. The Kier molecular flexibility index (Phi) is 5.50. The second kappa shape index (κ2) is 7.50. The van der Waals surface area contributed by atoms with Gasteiger partial charge in [-0.25, -0.2) is 13.9 Å². The molecule has 1 unspecified atom stereocenters. The molecule has 0 saturated carbocycles. The van der Waals surface area contributed by atoms with E-state index in [9.17, 15) is 13.2 Å². The van der Waals surface area contributed by atoms with E-state index in [1.54, 1.807) is 17.6 Å². The number of carbonyl (C=O) groups is 1. The molecule has 0 aromatic heterocycles. The summed E-state index contributed by atoms with van der Waals surface area (Å²) < 4.78 is 25.5. The average molecular weight is 438 g/mol. The van der Waals surface area contributed by atoms with Gasteiger partial charge in [0.15, 0.2) is 9.84 Å². The molecule has 1 aliphatic rings. The van der Waals surface area contributed by atoms with Crippen LogP contribution in [0.15, 0.2) is 53.0 Å². The highest BCUT2D eigenvalue weighted by Gasteiger charge is 2.48. The molecule has 3 rings (SSSR count). The van der Waals surface area contributed by atoms with Gasteiger partial charge in [-0.05, 0) is 41.7 Å². The molecule has 0 aliphatic carbocycles. The third-order valence-corrected chi connectivity index (χ3v) is 8.13. The molecule has 1 saturated heterocycles. The van der Waals surface area contributed by atoms with E-state index in [1.165, 1.54) is 0 Å². The average Bonchev–Trinajstić information content (AvgIpc) is 2.64. The maximum Gasteiger partial charge on any atom is 0.245 e. The summed E-state index contributed by atoms with van der Waals surface area (Å²) in [6, 6.07) is 15.2. The lowest BCUT2D eigenvalue weighted by Crippen LogP contribution is -2.44. The van der Waals surface area contributed by atoms with Gasteiger partial charge in [-0.15, -0.1) is 0 Å². The van der Waals surface area contributed by atoms with E-state index < -0.39 is 20.5 Å². The van der Waals surface area contributed by atoms with Crippen LogP contribution in [0.5, 0.6) is 0 Å². The van der Waals surface area contributed by atoms with Crippen molar-refractivity contribution in [2.24, 2.45) is 0 Å². The van der Waals surface area contributed by atoms with Crippen LogP contribution in [0.2, 0.25) is 0 Å². The number of hydrogen-bond acceptors (Lipinski definition) is 4. The highest BCUT2D eigenvalue weighted by molar-refractivity contribution is 9.10. The van der Waals surface area contributed by atoms with Crippen molar-refractivity contribution >= 4 is 31.7 Å². The Balaban J connectivity index is 2.02. The minimum absolute atomic E-state index is 0.0557. The highest BCUT2D eigenvalue weighted by Crippen LogP contribution is 2.43. The molecule has 2 aromatic carbocycles. The van der Waals surface area contributed by atoms with Crippen molar-refractivity contribution in [3.05, 3.63) is 58.6 Å². The Morgan fingerprint density at radius 3 is 2.15 bits per heavy atom. The standard InChI is InChI=1S/C19H20BrNO4S/c20-17-9-5-15(6-10-17)14-3-7-16(8-4-14)19(13-18(22)21-23)11-1-2-12-26(19,24)25/h3-10,23H,1-2,11-13H2,(H,21,22). The van der Waals surface area contributed by atoms with Crippen molar-refractivity contribution in [2.75, 3.05) is 5.75 Å². The number of carbonyl (C=O) groups excluding carboxylic acids is 1. The van der Waals surface area contributed by atoms with Gasteiger partial charge in [0.2, 0.25) is 5.91 Å². The van der Waals surface area contributed by atoms with Crippen molar-refractivity contribution in [3.63, 3.8) is 0 Å². The van der Waals surface area contributed by atoms with Gasteiger partial charge in [0.25, 0.3) is 0 Å². The molecule has 0 radical (unpaired) electrons. The third kappa shape index (κ3) is 3.56. The fourth-order valence-corrected chi connectivity index (χ4v) is 6.13. The fraction of sp³-hybridized carbons (Fsp3) is 0.316. The van der Waals surface area contributed by atoms with E-state index in [0.29, 0.717) is 18.4 Å². The van der Waals surface area contributed by atoms with Crippen LogP contribution in [0, 0.1) is 0 Å². The van der Waals surface area contributed by atoms with Crippen LogP contribution in [0.4, 0.5) is 0 Å². The van der Waals surface area contributed by atoms with Crippen LogP contribution < -0.4 is 5.48 Å². The predicted molar refractivity (Wildman–Crippen MR) is 103 cm³/mol. The number of amides is 1. The first kappa shape index (κ1) is 19.1. The van der Waals surface area contributed by atoms with Crippen molar-refractivity contribution in [1.29, 1.82) is 0 Å². The van der Waals surface area contributed by atoms with Crippen LogP contribution in [0.25, 0.3) is 11.1 Å². The Labute approximate surface area is 161 Å². The number of rotatable bonds is 4. The molecule has 0 spiro atoms. The van der Waals surface area contributed by atoms with E-state index in [4.69, 9.17) is 5.21 Å². The van der Waals surface area contributed by atoms with E-state index in [2.05, 4.69) is 15.9 Å². The van der Waals surface area contributed by atoms with Crippen molar-refractivity contribution in [2.45, 2.75) is 30.4 Å². The maximum absolute atomic E-state index is 12.9. The van der Waals surface area contributed by atoms with Crippen molar-refractivity contribution in [3.8, 4) is 11.1 Å². The van der Waals surface area contributed by atoms with Gasteiger partial charge in [-0.2, -0.15) is 0 Å². The summed E-state index contributed by atoms with van der Waals surface area (Å²) in [7, 11) is -3.50. The number of hydrogen-bond donors (Lipinski definition) is 2. The molecule has 26 heavy (non-hydrogen) atoms. The van der Waals surface area contributed by atoms with Crippen LogP contribution >= 0.6 is 15.9 Å². The Bertz CT molecular complexity index is 894. The predicted octanol–water partition coefficient (Wildman–Crippen LogP) is 3.81. The Morgan fingerprint density at radius 1 is 1.04 bits per heavy atom. The molecule has 1 heterocycles. The van der Waals surface area contributed by atoms with Gasteiger partial charge in [-0.1, -0.05) is 58.7 Å². The summed E-state index contributed by atoms with van der Waals surface area (Å²) in [5, 5.41) is 8.91. The SMILES string of the molecule is O=C(CC1(c2ccc(-c3ccc(Br)cc3)cc2)CCCCS1(=O)=O)NO. The van der Waals surface area contributed by atoms with Gasteiger partial charge in [0, 0.05) is 4.47 Å². The molecular weight excluding hydrogens is 418 g/mol. The van der Waals surface area contributed by atoms with E-state index >= 15 is 0 Å². The Hall–Kier alpha value is -1.70. The first-order chi connectivity index (χ1) is 12.4. The summed E-state index contributed by atoms with van der Waals surface area (Å²) in [6.45, 7) is 0. The monoisotopic (exact) mass is 437 g/mol. The molecule has 2 aromatic rings. The molecule has 2 N–H and O–H groups in total. The first-order valence-corrected chi connectivity index (χ1v) is 10.8. The largest absolute Gasteiger partial charge is 0.289 e.